The maximum atomic E-state index is 12.8. The third kappa shape index (κ3) is 3.89. The number of piperazine rings is 1. The van der Waals surface area contributed by atoms with Crippen LogP contribution in [0.25, 0.3) is 0 Å². The minimum atomic E-state index is -0.229. The van der Waals surface area contributed by atoms with Gasteiger partial charge in [-0.3, -0.25) is 9.59 Å². The largest absolute Gasteiger partial charge is 0.342 e. The molecular formula is C17H24N4O2S. The van der Waals surface area contributed by atoms with Crippen molar-refractivity contribution in [2.75, 3.05) is 39.3 Å². The highest BCUT2D eigenvalue weighted by Crippen LogP contribution is 2.27. The van der Waals surface area contributed by atoms with Gasteiger partial charge < -0.3 is 15.1 Å². The molecule has 0 bridgehead atoms. The van der Waals surface area contributed by atoms with E-state index in [9.17, 15) is 9.59 Å². The van der Waals surface area contributed by atoms with Crippen molar-refractivity contribution in [1.29, 1.82) is 0 Å². The monoisotopic (exact) mass is 348 g/mol. The summed E-state index contributed by atoms with van der Waals surface area (Å²) in [6.45, 7) is 6.65. The number of rotatable bonds is 4. The lowest BCUT2D eigenvalue weighted by atomic mass is 10.2. The Morgan fingerprint density at radius 2 is 1.88 bits per heavy atom. The second kappa shape index (κ2) is 7.98. The molecule has 1 aromatic heterocycles. The van der Waals surface area contributed by atoms with Crippen LogP contribution in [0.1, 0.15) is 30.1 Å². The average Bonchev–Trinajstić information content (AvgIpc) is 3.16. The van der Waals surface area contributed by atoms with Gasteiger partial charge in [0.15, 0.2) is 0 Å². The first-order valence-corrected chi connectivity index (χ1v) is 9.45. The maximum Gasteiger partial charge on any atom is 0.256 e. The van der Waals surface area contributed by atoms with Crippen LogP contribution in [0.3, 0.4) is 0 Å². The number of likely N-dealkylation sites (tertiary alicyclic amines) is 1. The summed E-state index contributed by atoms with van der Waals surface area (Å²) >= 11 is 1.39. The topological polar surface area (TPSA) is 65.5 Å². The Hall–Kier alpha value is -1.60. The highest BCUT2D eigenvalue weighted by atomic mass is 32.2. The van der Waals surface area contributed by atoms with Gasteiger partial charge in [0.1, 0.15) is 5.03 Å². The SMILES string of the molecule is CC(Sc1ncccc1C(=O)N1CCNCC1)C(=O)N1CCCC1. The fourth-order valence-corrected chi connectivity index (χ4v) is 4.09. The molecule has 6 nitrogen and oxygen atoms in total. The molecule has 0 aliphatic carbocycles. The van der Waals surface area contributed by atoms with E-state index in [4.69, 9.17) is 0 Å². The zero-order valence-electron chi connectivity index (χ0n) is 14.0. The molecule has 0 radical (unpaired) electrons. The van der Waals surface area contributed by atoms with Crippen LogP contribution >= 0.6 is 11.8 Å². The van der Waals surface area contributed by atoms with Crippen LogP contribution in [-0.2, 0) is 4.79 Å². The molecule has 0 aromatic carbocycles. The fraction of sp³-hybridized carbons (Fsp3) is 0.588. The molecule has 2 aliphatic rings. The van der Waals surface area contributed by atoms with Crippen LogP contribution in [0.15, 0.2) is 23.4 Å². The molecule has 0 saturated carbocycles. The van der Waals surface area contributed by atoms with E-state index < -0.39 is 0 Å². The molecule has 2 fully saturated rings. The first-order chi connectivity index (χ1) is 11.7. The van der Waals surface area contributed by atoms with Crippen LogP contribution < -0.4 is 5.32 Å². The molecule has 2 aliphatic heterocycles. The van der Waals surface area contributed by atoms with Gasteiger partial charge in [-0.05, 0) is 31.9 Å². The first kappa shape index (κ1) is 17.2. The predicted octanol–water partition coefficient (Wildman–Crippen LogP) is 1.23. The zero-order valence-corrected chi connectivity index (χ0v) is 14.8. The smallest absolute Gasteiger partial charge is 0.256 e. The van der Waals surface area contributed by atoms with Crippen molar-refractivity contribution in [2.45, 2.75) is 30.0 Å². The van der Waals surface area contributed by atoms with Crippen molar-refractivity contribution in [2.24, 2.45) is 0 Å². The molecule has 1 unspecified atom stereocenters. The van der Waals surface area contributed by atoms with Crippen LogP contribution in [0.5, 0.6) is 0 Å². The molecule has 1 N–H and O–H groups in total. The number of carbonyl (C=O) groups excluding carboxylic acids is 2. The third-order valence-corrected chi connectivity index (χ3v) is 5.56. The van der Waals surface area contributed by atoms with Gasteiger partial charge in [0, 0.05) is 45.5 Å². The van der Waals surface area contributed by atoms with Crippen molar-refractivity contribution >= 4 is 23.6 Å². The summed E-state index contributed by atoms with van der Waals surface area (Å²) < 4.78 is 0. The van der Waals surface area contributed by atoms with E-state index in [0.29, 0.717) is 23.7 Å². The summed E-state index contributed by atoms with van der Waals surface area (Å²) in [5.74, 6) is 0.150. The van der Waals surface area contributed by atoms with E-state index in [-0.39, 0.29) is 17.1 Å². The van der Waals surface area contributed by atoms with E-state index in [1.165, 1.54) is 11.8 Å². The molecule has 130 valence electrons. The van der Waals surface area contributed by atoms with Gasteiger partial charge >= 0.3 is 0 Å². The standard InChI is InChI=1S/C17H24N4O2S/c1-13(16(22)20-9-2-3-10-20)24-15-14(5-4-6-19-15)17(23)21-11-7-18-8-12-21/h4-6,13,18H,2-3,7-12H2,1H3. The second-order valence-corrected chi connectivity index (χ2v) is 7.52. The van der Waals surface area contributed by atoms with Crippen LogP contribution in [0.4, 0.5) is 0 Å². The zero-order chi connectivity index (χ0) is 16.9. The van der Waals surface area contributed by atoms with Gasteiger partial charge in [-0.1, -0.05) is 11.8 Å². The third-order valence-electron chi connectivity index (χ3n) is 4.46. The quantitative estimate of drug-likeness (QED) is 0.829. The Morgan fingerprint density at radius 3 is 2.58 bits per heavy atom. The summed E-state index contributed by atoms with van der Waals surface area (Å²) in [6, 6.07) is 3.60. The molecule has 3 rings (SSSR count). The Balaban J connectivity index is 1.71. The molecule has 0 spiro atoms. The van der Waals surface area contributed by atoms with Gasteiger partial charge in [0.05, 0.1) is 10.8 Å². The van der Waals surface area contributed by atoms with Crippen LogP contribution in [0.2, 0.25) is 0 Å². The van der Waals surface area contributed by atoms with Gasteiger partial charge in [-0.2, -0.15) is 0 Å². The highest BCUT2D eigenvalue weighted by molar-refractivity contribution is 8.00. The summed E-state index contributed by atoms with van der Waals surface area (Å²) in [6.07, 6.45) is 3.85. The Bertz CT molecular complexity index is 598. The Labute approximate surface area is 147 Å². The number of thioether (sulfide) groups is 1. The summed E-state index contributed by atoms with van der Waals surface area (Å²) in [4.78, 5) is 33.4. The number of hydrogen-bond acceptors (Lipinski definition) is 5. The normalized spacial score (nSPS) is 19.4. The lowest BCUT2D eigenvalue weighted by molar-refractivity contribution is -0.129. The molecule has 1 aromatic rings. The van der Waals surface area contributed by atoms with Crippen molar-refractivity contribution < 1.29 is 9.59 Å². The minimum absolute atomic E-state index is 0.00733. The fourth-order valence-electron chi connectivity index (χ4n) is 3.10. The van der Waals surface area contributed by atoms with Crippen LogP contribution in [0, 0.1) is 0 Å². The Morgan fingerprint density at radius 1 is 1.17 bits per heavy atom. The lowest BCUT2D eigenvalue weighted by Gasteiger charge is -2.28. The van der Waals surface area contributed by atoms with Gasteiger partial charge in [-0.25, -0.2) is 4.98 Å². The molecule has 1 atom stereocenters. The van der Waals surface area contributed by atoms with E-state index in [1.54, 1.807) is 12.3 Å². The number of nitrogens with zero attached hydrogens (tertiary/aromatic N) is 3. The highest BCUT2D eigenvalue weighted by Gasteiger charge is 2.27. The minimum Gasteiger partial charge on any atom is -0.342 e. The molecule has 2 amide bonds. The van der Waals surface area contributed by atoms with E-state index in [2.05, 4.69) is 10.3 Å². The van der Waals surface area contributed by atoms with E-state index in [1.807, 2.05) is 22.8 Å². The summed E-state index contributed by atoms with van der Waals surface area (Å²) in [5, 5.41) is 3.67. The Kier molecular flexibility index (Phi) is 5.73. The van der Waals surface area contributed by atoms with Crippen molar-refractivity contribution in [1.82, 2.24) is 20.1 Å². The van der Waals surface area contributed by atoms with Gasteiger partial charge in [0.25, 0.3) is 5.91 Å². The summed E-state index contributed by atoms with van der Waals surface area (Å²) in [5.41, 5.74) is 0.602. The molecule has 24 heavy (non-hydrogen) atoms. The van der Waals surface area contributed by atoms with Gasteiger partial charge in [0.2, 0.25) is 5.91 Å². The van der Waals surface area contributed by atoms with Crippen molar-refractivity contribution in [3.63, 3.8) is 0 Å². The van der Waals surface area contributed by atoms with Crippen molar-refractivity contribution in [3.8, 4) is 0 Å². The molecular weight excluding hydrogens is 324 g/mol. The van der Waals surface area contributed by atoms with Crippen molar-refractivity contribution in [3.05, 3.63) is 23.9 Å². The number of nitrogens with one attached hydrogen (secondary N) is 1. The second-order valence-electron chi connectivity index (χ2n) is 6.19. The molecule has 7 heteroatoms. The number of carbonyl (C=O) groups is 2. The van der Waals surface area contributed by atoms with E-state index >= 15 is 0 Å². The first-order valence-electron chi connectivity index (χ1n) is 8.57. The molecule has 3 heterocycles. The summed E-state index contributed by atoms with van der Waals surface area (Å²) in [7, 11) is 0. The van der Waals surface area contributed by atoms with Gasteiger partial charge in [-0.15, -0.1) is 0 Å². The number of amides is 2. The predicted molar refractivity (Wildman–Crippen MR) is 94.1 cm³/mol. The molecule has 2 saturated heterocycles. The maximum absolute atomic E-state index is 12.8. The average molecular weight is 348 g/mol. The lowest BCUT2D eigenvalue weighted by Crippen LogP contribution is -2.46. The van der Waals surface area contributed by atoms with E-state index in [0.717, 1.165) is 39.0 Å². The number of aromatic nitrogens is 1. The number of pyridine rings is 1. The number of hydrogen-bond donors (Lipinski definition) is 1. The van der Waals surface area contributed by atoms with Crippen LogP contribution in [-0.4, -0.2) is 71.1 Å².